The monoisotopic (exact) mass is 418 g/mol. The van der Waals surface area contributed by atoms with E-state index in [1.165, 1.54) is 0 Å². The van der Waals surface area contributed by atoms with Gasteiger partial charge >= 0.3 is 21.7 Å². The molecule has 0 radical (unpaired) electrons. The zero-order valence-electron chi connectivity index (χ0n) is 17.9. The maximum absolute atomic E-state index is 11.6. The normalized spacial score (nSPS) is 13.3. The van der Waals surface area contributed by atoms with Gasteiger partial charge in [-0.1, -0.05) is 68.2 Å². The molecule has 2 unspecified atom stereocenters. The Morgan fingerprint density at radius 3 is 1.00 bits per heavy atom. The zero-order chi connectivity index (χ0) is 21.3. The topological polar surface area (TPSA) is 114 Å². The van der Waals surface area contributed by atoms with Crippen molar-refractivity contribution in [2.75, 3.05) is 0 Å². The van der Waals surface area contributed by atoms with Gasteiger partial charge in [-0.3, -0.25) is 9.59 Å². The van der Waals surface area contributed by atoms with E-state index in [4.69, 9.17) is 0 Å². The van der Waals surface area contributed by atoms with Crippen molar-refractivity contribution < 1.29 is 51.1 Å². The van der Waals surface area contributed by atoms with Crippen LogP contribution in [0.25, 0.3) is 0 Å². The molecule has 0 spiro atoms. The van der Waals surface area contributed by atoms with E-state index in [0.29, 0.717) is 25.7 Å². The second kappa shape index (κ2) is 13.2. The van der Waals surface area contributed by atoms with Crippen molar-refractivity contribution in [3.05, 3.63) is 0 Å². The van der Waals surface area contributed by atoms with Crippen LogP contribution in [0, 0.1) is 22.7 Å². The molecule has 0 N–H and O–H groups in total. The summed E-state index contributed by atoms with van der Waals surface area (Å²) in [6.07, 6.45) is 2.11. The number of ketones is 2. The summed E-state index contributed by atoms with van der Waals surface area (Å²) in [5.41, 5.74) is -1.19. The van der Waals surface area contributed by atoms with Gasteiger partial charge in [-0.15, -0.1) is 0 Å². The Bertz CT molecular complexity index is 454. The van der Waals surface area contributed by atoms with Gasteiger partial charge in [0.15, 0.2) is 0 Å². The Kier molecular flexibility index (Phi) is 15.0. The van der Waals surface area contributed by atoms with Gasteiger partial charge in [-0.2, -0.15) is 0 Å². The molecule has 0 aromatic rings. The van der Waals surface area contributed by atoms with E-state index in [1.807, 2.05) is 13.8 Å². The molecule has 0 aromatic heterocycles. The maximum Gasteiger partial charge on any atom is 2.00 e. The number of carbonyl (C=O) groups excluding carboxylic acids is 4. The van der Waals surface area contributed by atoms with E-state index in [2.05, 4.69) is 0 Å². The minimum Gasteiger partial charge on any atom is -0.549 e. The van der Waals surface area contributed by atoms with Gasteiger partial charge in [0, 0.05) is 10.8 Å². The molecule has 0 bridgehead atoms. The summed E-state index contributed by atoms with van der Waals surface area (Å²) in [6.45, 7) is 14.0. The molecule has 7 heteroatoms. The molecule has 0 saturated carbocycles. The first-order chi connectivity index (χ1) is 11.6. The van der Waals surface area contributed by atoms with Crippen molar-refractivity contribution in [3.8, 4) is 0 Å². The number of hydrogen-bond donors (Lipinski definition) is 0. The summed E-state index contributed by atoms with van der Waals surface area (Å²) in [6, 6.07) is 0. The minimum absolute atomic E-state index is 0. The fraction of sp³-hybridized carbons (Fsp3) is 0.800. The molecule has 27 heavy (non-hydrogen) atoms. The van der Waals surface area contributed by atoms with Crippen molar-refractivity contribution in [2.45, 2.75) is 81.1 Å². The number of carbonyl (C=O) groups is 4. The van der Waals surface area contributed by atoms with Crippen LogP contribution in [-0.2, 0) is 40.9 Å². The Labute approximate surface area is 178 Å². The smallest absolute Gasteiger partial charge is 0.549 e. The molecule has 0 saturated heterocycles. The van der Waals surface area contributed by atoms with E-state index in [1.54, 1.807) is 41.5 Å². The van der Waals surface area contributed by atoms with Gasteiger partial charge in [0.2, 0.25) is 0 Å². The van der Waals surface area contributed by atoms with Gasteiger partial charge in [0.1, 0.15) is 11.6 Å². The van der Waals surface area contributed by atoms with Crippen LogP contribution in [-0.4, -0.2) is 23.5 Å². The first kappa shape index (κ1) is 30.7. The van der Waals surface area contributed by atoms with Gasteiger partial charge in [0.05, 0.1) is 23.8 Å². The first-order valence-corrected chi connectivity index (χ1v) is 9.11. The molecule has 0 heterocycles. The third kappa shape index (κ3) is 12.1. The number of aliphatic carboxylic acids is 2. The van der Waals surface area contributed by atoms with Crippen LogP contribution < -0.4 is 10.2 Å². The molecule has 0 amide bonds. The Balaban J connectivity index is -0.000000411. The average molecular weight is 418 g/mol. The first-order valence-electron chi connectivity index (χ1n) is 9.11. The molecular weight excluding hydrogens is 384 g/mol. The number of Topliss-reactive ketones (excluding diaryl/α,β-unsaturated/α-hetero) is 2. The van der Waals surface area contributed by atoms with E-state index >= 15 is 0 Å². The van der Waals surface area contributed by atoms with Gasteiger partial charge in [-0.05, 0) is 12.8 Å². The van der Waals surface area contributed by atoms with Crippen molar-refractivity contribution >= 4 is 23.5 Å². The van der Waals surface area contributed by atoms with Gasteiger partial charge in [-0.25, -0.2) is 0 Å². The van der Waals surface area contributed by atoms with E-state index in [-0.39, 0.29) is 33.3 Å². The third-order valence-electron chi connectivity index (χ3n) is 3.84. The molecule has 0 aliphatic rings. The van der Waals surface area contributed by atoms with Crippen LogP contribution in [0.3, 0.4) is 0 Å². The minimum atomic E-state index is -1.25. The van der Waals surface area contributed by atoms with Crippen LogP contribution in [0.2, 0.25) is 0 Å². The number of rotatable bonds is 8. The molecule has 0 aliphatic heterocycles. The van der Waals surface area contributed by atoms with Crippen molar-refractivity contribution in [2.24, 2.45) is 22.7 Å². The van der Waals surface area contributed by atoms with Gasteiger partial charge in [0.25, 0.3) is 0 Å². The SMILES string of the molecule is CCCC(C(=O)[O-])C(=O)C(C)(C)C.CCCC(C(=O)[O-])C(=O)C(C)(C)C.[Ti+2]. The van der Waals surface area contributed by atoms with Crippen LogP contribution in [0.5, 0.6) is 0 Å². The number of carboxylic acids is 2. The Hall–Kier alpha value is -1.01. The van der Waals surface area contributed by atoms with Crippen LogP contribution >= 0.6 is 0 Å². The van der Waals surface area contributed by atoms with Crippen molar-refractivity contribution in [3.63, 3.8) is 0 Å². The summed E-state index contributed by atoms with van der Waals surface area (Å²) in [7, 11) is 0. The fourth-order valence-corrected chi connectivity index (χ4v) is 2.33. The van der Waals surface area contributed by atoms with E-state index in [0.717, 1.165) is 0 Å². The largest absolute Gasteiger partial charge is 2.00 e. The quantitative estimate of drug-likeness (QED) is 0.436. The van der Waals surface area contributed by atoms with Crippen LogP contribution in [0.4, 0.5) is 0 Å². The second-order valence-electron chi connectivity index (χ2n) is 8.55. The van der Waals surface area contributed by atoms with E-state index < -0.39 is 34.6 Å². The summed E-state index contributed by atoms with van der Waals surface area (Å²) in [4.78, 5) is 44.4. The molecule has 154 valence electrons. The summed E-state index contributed by atoms with van der Waals surface area (Å²) >= 11 is 0. The van der Waals surface area contributed by atoms with Crippen molar-refractivity contribution in [1.29, 1.82) is 0 Å². The van der Waals surface area contributed by atoms with Crippen LogP contribution in [0.1, 0.15) is 81.1 Å². The number of carboxylic acid groups (broad SMARTS) is 2. The number of hydrogen-bond acceptors (Lipinski definition) is 6. The predicted octanol–water partition coefficient (Wildman–Crippen LogP) is 1.53. The van der Waals surface area contributed by atoms with Crippen molar-refractivity contribution in [1.82, 2.24) is 0 Å². The molecule has 2 atom stereocenters. The Morgan fingerprint density at radius 2 is 0.889 bits per heavy atom. The van der Waals surface area contributed by atoms with Gasteiger partial charge < -0.3 is 19.8 Å². The molecule has 6 nitrogen and oxygen atoms in total. The molecular formula is C20H34O6Ti. The van der Waals surface area contributed by atoms with E-state index in [9.17, 15) is 29.4 Å². The van der Waals surface area contributed by atoms with Crippen LogP contribution in [0.15, 0.2) is 0 Å². The standard InChI is InChI=1S/2C10H18O3.Ti/c2*1-5-6-7(9(12)13)8(11)10(2,3)4;/h2*7H,5-6H2,1-4H3,(H,12,13);/q;;+2/p-2. The molecule has 0 rings (SSSR count). The Morgan fingerprint density at radius 1 is 0.667 bits per heavy atom. The molecule has 0 aromatic carbocycles. The summed E-state index contributed by atoms with van der Waals surface area (Å²) < 4.78 is 0. The summed E-state index contributed by atoms with van der Waals surface area (Å²) in [5.74, 6) is -4.86. The maximum atomic E-state index is 11.6. The fourth-order valence-electron chi connectivity index (χ4n) is 2.33. The zero-order valence-corrected chi connectivity index (χ0v) is 19.5. The molecule has 0 aliphatic carbocycles. The second-order valence-corrected chi connectivity index (χ2v) is 8.55. The predicted molar refractivity (Wildman–Crippen MR) is 95.7 cm³/mol. The molecule has 0 fully saturated rings. The average Bonchev–Trinajstić information content (AvgIpc) is 2.47. The summed E-state index contributed by atoms with van der Waals surface area (Å²) in [5, 5.41) is 21.3. The third-order valence-corrected chi connectivity index (χ3v) is 3.84.